The van der Waals surface area contributed by atoms with Gasteiger partial charge in [-0.1, -0.05) is 11.6 Å². The van der Waals surface area contributed by atoms with Gasteiger partial charge in [-0.2, -0.15) is 8.78 Å². The largest absolute Gasteiger partial charge is 0.496 e. The predicted molar refractivity (Wildman–Crippen MR) is 62.6 cm³/mol. The molecule has 0 aromatic heterocycles. The summed E-state index contributed by atoms with van der Waals surface area (Å²) >= 11 is 0. The third-order valence-corrected chi connectivity index (χ3v) is 3.21. The van der Waals surface area contributed by atoms with Crippen LogP contribution in [0.1, 0.15) is 24.0 Å². The second-order valence-corrected chi connectivity index (χ2v) is 4.48. The summed E-state index contributed by atoms with van der Waals surface area (Å²) in [5.74, 6) is -2.62. The van der Waals surface area contributed by atoms with Gasteiger partial charge in [-0.3, -0.25) is 0 Å². The van der Waals surface area contributed by atoms with Crippen LogP contribution >= 0.6 is 0 Å². The number of aryl methyl sites for hydroxylation is 1. The Morgan fingerprint density at radius 3 is 2.76 bits per heavy atom. The van der Waals surface area contributed by atoms with Gasteiger partial charge in [-0.15, -0.1) is 0 Å². The first-order valence-electron chi connectivity index (χ1n) is 5.82. The molecule has 0 bridgehead atoms. The lowest BCUT2D eigenvalue weighted by Crippen LogP contribution is -2.38. The van der Waals surface area contributed by atoms with E-state index >= 15 is 0 Å². The molecule has 4 heteroatoms. The molecule has 2 nitrogen and oxygen atoms in total. The summed E-state index contributed by atoms with van der Waals surface area (Å²) in [5.41, 5.74) is 0.804. The normalized spacial score (nSPS) is 20.6. The van der Waals surface area contributed by atoms with Crippen molar-refractivity contribution in [1.29, 1.82) is 0 Å². The van der Waals surface area contributed by atoms with Gasteiger partial charge in [-0.25, -0.2) is 0 Å². The maximum absolute atomic E-state index is 14.3. The first-order chi connectivity index (χ1) is 8.05. The minimum Gasteiger partial charge on any atom is -0.496 e. The zero-order valence-corrected chi connectivity index (χ0v) is 10.1. The van der Waals surface area contributed by atoms with E-state index in [-0.39, 0.29) is 11.3 Å². The number of halogens is 2. The number of nitrogens with one attached hydrogen (secondary N) is 1. The van der Waals surface area contributed by atoms with Crippen LogP contribution in [0.25, 0.3) is 0 Å². The van der Waals surface area contributed by atoms with E-state index in [9.17, 15) is 8.78 Å². The summed E-state index contributed by atoms with van der Waals surface area (Å²) in [7, 11) is 1.42. The summed E-state index contributed by atoms with van der Waals surface area (Å²) in [4.78, 5) is 0. The molecule has 0 radical (unpaired) electrons. The van der Waals surface area contributed by atoms with Crippen molar-refractivity contribution >= 4 is 0 Å². The van der Waals surface area contributed by atoms with Crippen LogP contribution in [-0.2, 0) is 5.92 Å². The zero-order chi connectivity index (χ0) is 12.5. The fourth-order valence-corrected chi connectivity index (χ4v) is 2.26. The number of hydrogen-bond donors (Lipinski definition) is 1. The van der Waals surface area contributed by atoms with Crippen LogP contribution in [0.2, 0.25) is 0 Å². The highest BCUT2D eigenvalue weighted by Gasteiger charge is 2.44. The number of ether oxygens (including phenoxy) is 1. The molecule has 2 rings (SSSR count). The molecule has 1 aliphatic rings. The van der Waals surface area contributed by atoms with Crippen LogP contribution in [0.3, 0.4) is 0 Å². The van der Waals surface area contributed by atoms with Gasteiger partial charge in [0.1, 0.15) is 5.75 Å². The molecule has 1 unspecified atom stereocenters. The fraction of sp³-hybridized carbons (Fsp3) is 0.538. The Morgan fingerprint density at radius 2 is 2.18 bits per heavy atom. The first-order valence-corrected chi connectivity index (χ1v) is 5.82. The third kappa shape index (κ3) is 2.27. The van der Waals surface area contributed by atoms with Gasteiger partial charge in [0.05, 0.1) is 18.7 Å². The summed E-state index contributed by atoms with van der Waals surface area (Å²) in [6, 6.07) is 4.12. The van der Waals surface area contributed by atoms with Crippen molar-refractivity contribution in [3.8, 4) is 5.75 Å². The van der Waals surface area contributed by atoms with Gasteiger partial charge in [0.25, 0.3) is 5.92 Å². The number of alkyl halides is 2. The SMILES string of the molecule is COc1ccc(C)cc1C(F)(F)C1CCCN1. The molecule has 0 amide bonds. The topological polar surface area (TPSA) is 21.3 Å². The molecule has 1 atom stereocenters. The van der Waals surface area contributed by atoms with Crippen molar-refractivity contribution in [3.63, 3.8) is 0 Å². The van der Waals surface area contributed by atoms with Crippen molar-refractivity contribution in [3.05, 3.63) is 29.3 Å². The number of hydrogen-bond acceptors (Lipinski definition) is 2. The van der Waals surface area contributed by atoms with Crippen LogP contribution in [0.15, 0.2) is 18.2 Å². The van der Waals surface area contributed by atoms with Crippen LogP contribution < -0.4 is 10.1 Å². The molecule has 0 aliphatic carbocycles. The molecule has 1 saturated heterocycles. The van der Waals surface area contributed by atoms with Crippen LogP contribution in [0.4, 0.5) is 8.78 Å². The van der Waals surface area contributed by atoms with Gasteiger partial charge in [0, 0.05) is 0 Å². The summed E-state index contributed by atoms with van der Waals surface area (Å²) < 4.78 is 33.7. The van der Waals surface area contributed by atoms with E-state index in [1.807, 2.05) is 0 Å². The molecule has 1 aliphatic heterocycles. The van der Waals surface area contributed by atoms with Crippen molar-refractivity contribution in [2.45, 2.75) is 31.7 Å². The van der Waals surface area contributed by atoms with E-state index in [0.717, 1.165) is 12.0 Å². The maximum atomic E-state index is 14.3. The average molecular weight is 241 g/mol. The number of rotatable bonds is 3. The summed E-state index contributed by atoms with van der Waals surface area (Å²) in [6.07, 6.45) is 1.30. The molecule has 17 heavy (non-hydrogen) atoms. The molecule has 1 fully saturated rings. The average Bonchev–Trinajstić information content (AvgIpc) is 2.83. The van der Waals surface area contributed by atoms with E-state index in [0.29, 0.717) is 13.0 Å². The minimum atomic E-state index is -2.88. The molecule has 1 N–H and O–H groups in total. The molecule has 1 heterocycles. The molecule has 1 aromatic rings. The second-order valence-electron chi connectivity index (χ2n) is 4.48. The highest BCUT2D eigenvalue weighted by atomic mass is 19.3. The molecular weight excluding hydrogens is 224 g/mol. The Morgan fingerprint density at radius 1 is 1.41 bits per heavy atom. The van der Waals surface area contributed by atoms with E-state index < -0.39 is 12.0 Å². The zero-order valence-electron chi connectivity index (χ0n) is 10.1. The fourth-order valence-electron chi connectivity index (χ4n) is 2.26. The third-order valence-electron chi connectivity index (χ3n) is 3.21. The standard InChI is InChI=1S/C13H17F2NO/c1-9-5-6-11(17-2)10(8-9)13(14,15)12-4-3-7-16-12/h5-6,8,12,16H,3-4,7H2,1-2H3. The highest BCUT2D eigenvalue weighted by Crippen LogP contribution is 2.40. The first kappa shape index (κ1) is 12.3. The van der Waals surface area contributed by atoms with Gasteiger partial charge < -0.3 is 10.1 Å². The van der Waals surface area contributed by atoms with Gasteiger partial charge in [-0.05, 0) is 38.4 Å². The molecular formula is C13H17F2NO. The Bertz CT molecular complexity index is 400. The molecule has 1 aromatic carbocycles. The van der Waals surface area contributed by atoms with E-state index in [1.165, 1.54) is 13.2 Å². The Kier molecular flexibility index (Phi) is 3.33. The summed E-state index contributed by atoms with van der Waals surface area (Å²) in [6.45, 7) is 2.47. The van der Waals surface area contributed by atoms with Crippen LogP contribution in [-0.4, -0.2) is 19.7 Å². The molecule has 0 saturated carbocycles. The summed E-state index contributed by atoms with van der Waals surface area (Å²) in [5, 5.41) is 2.86. The van der Waals surface area contributed by atoms with E-state index in [4.69, 9.17) is 4.74 Å². The van der Waals surface area contributed by atoms with Crippen molar-refractivity contribution in [2.75, 3.05) is 13.7 Å². The minimum absolute atomic E-state index is 0.0144. The van der Waals surface area contributed by atoms with Gasteiger partial charge in [0.15, 0.2) is 0 Å². The Balaban J connectivity index is 2.39. The highest BCUT2D eigenvalue weighted by molar-refractivity contribution is 5.40. The number of methoxy groups -OCH3 is 1. The lowest BCUT2D eigenvalue weighted by atomic mass is 9.97. The predicted octanol–water partition coefficient (Wildman–Crippen LogP) is 2.85. The maximum Gasteiger partial charge on any atom is 0.291 e. The van der Waals surface area contributed by atoms with Crippen molar-refractivity contribution in [2.24, 2.45) is 0 Å². The Hall–Kier alpha value is -1.16. The quantitative estimate of drug-likeness (QED) is 0.878. The van der Waals surface area contributed by atoms with E-state index in [1.54, 1.807) is 19.1 Å². The number of benzene rings is 1. The van der Waals surface area contributed by atoms with Crippen molar-refractivity contribution < 1.29 is 13.5 Å². The lowest BCUT2D eigenvalue weighted by Gasteiger charge is -2.25. The Labute approximate surface area is 100.0 Å². The van der Waals surface area contributed by atoms with Crippen LogP contribution in [0.5, 0.6) is 5.75 Å². The van der Waals surface area contributed by atoms with Crippen molar-refractivity contribution in [1.82, 2.24) is 5.32 Å². The van der Waals surface area contributed by atoms with E-state index in [2.05, 4.69) is 5.32 Å². The smallest absolute Gasteiger partial charge is 0.291 e. The molecule has 0 spiro atoms. The second kappa shape index (κ2) is 4.61. The molecule has 94 valence electrons. The van der Waals surface area contributed by atoms with Crippen LogP contribution in [0, 0.1) is 6.92 Å². The lowest BCUT2D eigenvalue weighted by molar-refractivity contribution is -0.0394. The monoisotopic (exact) mass is 241 g/mol. The van der Waals surface area contributed by atoms with Gasteiger partial charge in [0.2, 0.25) is 0 Å². The van der Waals surface area contributed by atoms with Gasteiger partial charge >= 0.3 is 0 Å².